The molecule has 1 fully saturated rings. The Morgan fingerprint density at radius 1 is 1.33 bits per heavy atom. The smallest absolute Gasteiger partial charge is 0.0425 e. The predicted octanol–water partition coefficient (Wildman–Crippen LogP) is 5.14. The third-order valence-corrected chi connectivity index (χ3v) is 5.08. The monoisotopic (exact) mass is 352 g/mol. The van der Waals surface area contributed by atoms with E-state index in [1.165, 1.54) is 48.0 Å². The maximum absolute atomic E-state index is 3.65. The quantitative estimate of drug-likeness (QED) is 0.696. The molecule has 1 N–H and O–H groups in total. The van der Waals surface area contributed by atoms with Crippen LogP contribution in [0.1, 0.15) is 58.1 Å². The lowest BCUT2D eigenvalue weighted by Gasteiger charge is -2.35. The third kappa shape index (κ3) is 4.46. The van der Waals surface area contributed by atoms with Gasteiger partial charge in [-0.3, -0.25) is 0 Å². The van der Waals surface area contributed by atoms with E-state index in [0.29, 0.717) is 6.04 Å². The van der Waals surface area contributed by atoms with Gasteiger partial charge in [-0.1, -0.05) is 35.3 Å². The molecule has 1 saturated carbocycles. The van der Waals surface area contributed by atoms with Crippen LogP contribution in [0.15, 0.2) is 22.7 Å². The highest BCUT2D eigenvalue weighted by atomic mass is 79.9. The van der Waals surface area contributed by atoms with Crippen LogP contribution in [0.2, 0.25) is 0 Å². The Bertz CT molecular complexity index is 443. The van der Waals surface area contributed by atoms with E-state index in [0.717, 1.165) is 19.0 Å². The molecule has 0 radical (unpaired) electrons. The van der Waals surface area contributed by atoms with Gasteiger partial charge in [-0.25, -0.2) is 0 Å². The van der Waals surface area contributed by atoms with Crippen LogP contribution in [0.25, 0.3) is 0 Å². The Morgan fingerprint density at radius 2 is 2.10 bits per heavy atom. The minimum Gasteiger partial charge on any atom is -0.371 e. The van der Waals surface area contributed by atoms with Gasteiger partial charge in [-0.05, 0) is 63.3 Å². The van der Waals surface area contributed by atoms with Crippen LogP contribution in [0.3, 0.4) is 0 Å². The Hall–Kier alpha value is -0.540. The van der Waals surface area contributed by atoms with Crippen molar-refractivity contribution in [1.82, 2.24) is 5.32 Å². The number of rotatable bonds is 8. The van der Waals surface area contributed by atoms with E-state index in [1.807, 2.05) is 0 Å². The van der Waals surface area contributed by atoms with Crippen LogP contribution in [0.5, 0.6) is 0 Å². The summed E-state index contributed by atoms with van der Waals surface area (Å²) in [5.74, 6) is 0.899. The lowest BCUT2D eigenvalue weighted by Crippen LogP contribution is -2.34. The van der Waals surface area contributed by atoms with Crippen molar-refractivity contribution in [1.29, 1.82) is 0 Å². The van der Waals surface area contributed by atoms with E-state index in [1.54, 1.807) is 0 Å². The molecule has 118 valence electrons. The van der Waals surface area contributed by atoms with E-state index in [2.05, 4.69) is 65.1 Å². The Kier molecular flexibility index (Phi) is 6.56. The number of halogens is 1. The summed E-state index contributed by atoms with van der Waals surface area (Å²) in [4.78, 5) is 2.56. The van der Waals surface area contributed by atoms with Crippen molar-refractivity contribution >= 4 is 21.6 Å². The van der Waals surface area contributed by atoms with Crippen molar-refractivity contribution in [2.24, 2.45) is 5.92 Å². The molecule has 0 bridgehead atoms. The van der Waals surface area contributed by atoms with E-state index in [9.17, 15) is 0 Å². The number of hydrogen-bond donors (Lipinski definition) is 1. The molecule has 1 aliphatic rings. The minimum atomic E-state index is 0.406. The molecule has 0 amide bonds. The number of hydrogen-bond acceptors (Lipinski definition) is 2. The first-order valence-electron chi connectivity index (χ1n) is 8.43. The fourth-order valence-electron chi connectivity index (χ4n) is 3.01. The molecule has 0 aliphatic heterocycles. The van der Waals surface area contributed by atoms with Gasteiger partial charge in [0.05, 0.1) is 0 Å². The molecule has 1 atom stereocenters. The average Bonchev–Trinajstić information content (AvgIpc) is 2.44. The second-order valence-electron chi connectivity index (χ2n) is 6.21. The van der Waals surface area contributed by atoms with E-state index < -0.39 is 0 Å². The SMILES string of the molecule is CCCNC(C)c1ccc(Br)cc1N(CC)CC1CCC1. The third-order valence-electron chi connectivity index (χ3n) is 4.59. The molecule has 0 spiro atoms. The van der Waals surface area contributed by atoms with Gasteiger partial charge in [-0.2, -0.15) is 0 Å². The first-order chi connectivity index (χ1) is 10.2. The lowest BCUT2D eigenvalue weighted by molar-refractivity contribution is 0.318. The number of anilines is 1. The largest absolute Gasteiger partial charge is 0.371 e. The van der Waals surface area contributed by atoms with Crippen LogP contribution < -0.4 is 10.2 Å². The topological polar surface area (TPSA) is 15.3 Å². The summed E-state index contributed by atoms with van der Waals surface area (Å²) in [6, 6.07) is 7.14. The molecule has 0 heterocycles. The highest BCUT2D eigenvalue weighted by Gasteiger charge is 2.22. The summed E-state index contributed by atoms with van der Waals surface area (Å²) in [5, 5.41) is 3.63. The van der Waals surface area contributed by atoms with Crippen molar-refractivity contribution in [3.63, 3.8) is 0 Å². The molecule has 21 heavy (non-hydrogen) atoms. The summed E-state index contributed by atoms with van der Waals surface area (Å²) < 4.78 is 1.18. The molecule has 0 saturated heterocycles. The fourth-order valence-corrected chi connectivity index (χ4v) is 3.36. The lowest BCUT2D eigenvalue weighted by atomic mass is 9.85. The second-order valence-corrected chi connectivity index (χ2v) is 7.13. The highest BCUT2D eigenvalue weighted by Crippen LogP contribution is 2.33. The zero-order valence-electron chi connectivity index (χ0n) is 13.7. The zero-order chi connectivity index (χ0) is 15.2. The zero-order valence-corrected chi connectivity index (χ0v) is 15.2. The van der Waals surface area contributed by atoms with Gasteiger partial charge in [0.1, 0.15) is 0 Å². The van der Waals surface area contributed by atoms with Crippen LogP contribution in [0, 0.1) is 5.92 Å². The van der Waals surface area contributed by atoms with Gasteiger partial charge >= 0.3 is 0 Å². The average molecular weight is 353 g/mol. The van der Waals surface area contributed by atoms with Crippen LogP contribution in [0.4, 0.5) is 5.69 Å². The number of nitrogens with one attached hydrogen (secondary N) is 1. The van der Waals surface area contributed by atoms with Crippen LogP contribution in [-0.4, -0.2) is 19.6 Å². The Labute approximate surface area is 138 Å². The molecule has 0 aromatic heterocycles. The van der Waals surface area contributed by atoms with Gasteiger partial charge in [0, 0.05) is 29.3 Å². The van der Waals surface area contributed by atoms with Gasteiger partial charge in [0.15, 0.2) is 0 Å². The summed E-state index contributed by atoms with van der Waals surface area (Å²) in [6.45, 7) is 10.1. The summed E-state index contributed by atoms with van der Waals surface area (Å²) in [6.07, 6.45) is 5.41. The fraction of sp³-hybridized carbons (Fsp3) is 0.667. The van der Waals surface area contributed by atoms with Crippen molar-refractivity contribution in [3.05, 3.63) is 28.2 Å². The molecular formula is C18H29BrN2. The van der Waals surface area contributed by atoms with Crippen molar-refractivity contribution in [2.45, 2.75) is 52.5 Å². The molecule has 2 nitrogen and oxygen atoms in total. The van der Waals surface area contributed by atoms with E-state index in [4.69, 9.17) is 0 Å². The predicted molar refractivity (Wildman–Crippen MR) is 96.1 cm³/mol. The first kappa shape index (κ1) is 16.8. The number of benzene rings is 1. The van der Waals surface area contributed by atoms with Gasteiger partial charge in [0.25, 0.3) is 0 Å². The first-order valence-corrected chi connectivity index (χ1v) is 9.22. The summed E-state index contributed by atoms with van der Waals surface area (Å²) in [5.41, 5.74) is 2.82. The van der Waals surface area contributed by atoms with Crippen LogP contribution in [-0.2, 0) is 0 Å². The van der Waals surface area contributed by atoms with Crippen molar-refractivity contribution in [2.75, 3.05) is 24.5 Å². The molecule has 2 rings (SSSR count). The number of nitrogens with zero attached hydrogens (tertiary/aromatic N) is 1. The molecular weight excluding hydrogens is 324 g/mol. The highest BCUT2D eigenvalue weighted by molar-refractivity contribution is 9.10. The second kappa shape index (κ2) is 8.19. The van der Waals surface area contributed by atoms with E-state index >= 15 is 0 Å². The standard InChI is InChI=1S/C18H29BrN2/c1-4-11-20-14(3)17-10-9-16(19)12-18(17)21(5-2)13-15-7-6-8-15/h9-10,12,14-15,20H,4-8,11,13H2,1-3H3. The maximum Gasteiger partial charge on any atom is 0.0425 e. The maximum atomic E-state index is 3.65. The minimum absolute atomic E-state index is 0.406. The van der Waals surface area contributed by atoms with Gasteiger partial charge < -0.3 is 10.2 Å². The molecule has 1 unspecified atom stereocenters. The van der Waals surface area contributed by atoms with Gasteiger partial charge in [0.2, 0.25) is 0 Å². The van der Waals surface area contributed by atoms with Gasteiger partial charge in [-0.15, -0.1) is 0 Å². The summed E-state index contributed by atoms with van der Waals surface area (Å²) in [7, 11) is 0. The molecule has 1 aromatic carbocycles. The van der Waals surface area contributed by atoms with E-state index in [-0.39, 0.29) is 0 Å². The Balaban J connectivity index is 2.19. The summed E-state index contributed by atoms with van der Waals surface area (Å²) >= 11 is 3.65. The van der Waals surface area contributed by atoms with Crippen LogP contribution >= 0.6 is 15.9 Å². The molecule has 1 aliphatic carbocycles. The normalized spacial score (nSPS) is 16.6. The molecule has 1 aromatic rings. The Morgan fingerprint density at radius 3 is 2.67 bits per heavy atom. The van der Waals surface area contributed by atoms with Crippen molar-refractivity contribution in [3.8, 4) is 0 Å². The van der Waals surface area contributed by atoms with Crippen molar-refractivity contribution < 1.29 is 0 Å². The molecule has 3 heteroatoms.